The number of hydrogen-bond donors (Lipinski definition) is 2. The molecular formula is C14H17ClN2O3. The van der Waals surface area contributed by atoms with Crippen LogP contribution in [-0.2, 0) is 6.42 Å². The molecule has 6 heteroatoms. The monoisotopic (exact) mass is 296 g/mol. The molecule has 1 aromatic heterocycles. The van der Waals surface area contributed by atoms with E-state index in [9.17, 15) is 0 Å². The predicted molar refractivity (Wildman–Crippen MR) is 77.0 cm³/mol. The van der Waals surface area contributed by atoms with Crippen molar-refractivity contribution in [2.45, 2.75) is 12.5 Å². The van der Waals surface area contributed by atoms with E-state index in [1.54, 1.807) is 26.7 Å². The molecule has 1 atom stereocenters. The summed E-state index contributed by atoms with van der Waals surface area (Å²) in [5.41, 5.74) is 4.73. The summed E-state index contributed by atoms with van der Waals surface area (Å²) in [4.78, 5) is 0. The minimum absolute atomic E-state index is 0.107. The molecule has 20 heavy (non-hydrogen) atoms. The lowest BCUT2D eigenvalue weighted by Gasteiger charge is -2.18. The van der Waals surface area contributed by atoms with E-state index in [1.165, 1.54) is 0 Å². The van der Waals surface area contributed by atoms with Gasteiger partial charge in [0.25, 0.3) is 0 Å². The number of benzene rings is 1. The van der Waals surface area contributed by atoms with Gasteiger partial charge >= 0.3 is 0 Å². The molecule has 0 saturated heterocycles. The molecule has 5 nitrogen and oxygen atoms in total. The molecule has 2 rings (SSSR count). The van der Waals surface area contributed by atoms with Crippen molar-refractivity contribution in [3.8, 4) is 11.5 Å². The second-order valence-electron chi connectivity index (χ2n) is 4.29. The fourth-order valence-corrected chi connectivity index (χ4v) is 2.35. The minimum Gasteiger partial charge on any atom is -0.493 e. The molecule has 0 amide bonds. The maximum absolute atomic E-state index is 6.20. The number of nitrogens with one attached hydrogen (secondary N) is 1. The van der Waals surface area contributed by atoms with E-state index >= 15 is 0 Å². The first-order valence-corrected chi connectivity index (χ1v) is 6.46. The number of furan rings is 1. The number of methoxy groups -OCH3 is 2. The summed E-state index contributed by atoms with van der Waals surface area (Å²) in [5.74, 6) is 6.72. The van der Waals surface area contributed by atoms with Crippen LogP contribution in [-0.4, -0.2) is 14.2 Å². The molecule has 1 heterocycles. The Hall–Kier alpha value is -1.69. The highest BCUT2D eigenvalue weighted by atomic mass is 35.5. The lowest BCUT2D eigenvalue weighted by Crippen LogP contribution is -2.29. The molecule has 0 radical (unpaired) electrons. The second-order valence-corrected chi connectivity index (χ2v) is 4.70. The molecule has 0 aliphatic heterocycles. The molecule has 3 N–H and O–H groups in total. The van der Waals surface area contributed by atoms with Gasteiger partial charge in [-0.3, -0.25) is 11.3 Å². The van der Waals surface area contributed by atoms with Crippen molar-refractivity contribution in [2.75, 3.05) is 14.2 Å². The Balaban J connectivity index is 2.32. The molecular weight excluding hydrogens is 280 g/mol. The maximum atomic E-state index is 6.20. The van der Waals surface area contributed by atoms with E-state index in [4.69, 9.17) is 31.3 Å². The Labute approximate surface area is 122 Å². The lowest BCUT2D eigenvalue weighted by atomic mass is 10.0. The fraction of sp³-hybridized carbons (Fsp3) is 0.286. The van der Waals surface area contributed by atoms with E-state index in [0.29, 0.717) is 22.9 Å². The van der Waals surface area contributed by atoms with Gasteiger partial charge < -0.3 is 13.9 Å². The number of nitrogens with two attached hydrogens (primary N) is 1. The van der Waals surface area contributed by atoms with E-state index in [2.05, 4.69) is 5.43 Å². The largest absolute Gasteiger partial charge is 0.493 e. The Morgan fingerprint density at radius 3 is 2.70 bits per heavy atom. The normalized spacial score (nSPS) is 12.2. The lowest BCUT2D eigenvalue weighted by molar-refractivity contribution is 0.354. The molecule has 0 aliphatic carbocycles. The highest BCUT2D eigenvalue weighted by Crippen LogP contribution is 2.38. The van der Waals surface area contributed by atoms with Crippen LogP contribution in [0.3, 0.4) is 0 Å². The first kappa shape index (κ1) is 14.7. The average molecular weight is 297 g/mol. The number of hydrogen-bond acceptors (Lipinski definition) is 5. The maximum Gasteiger partial charge on any atom is 0.179 e. The minimum atomic E-state index is -0.107. The zero-order valence-electron chi connectivity index (χ0n) is 11.4. The summed E-state index contributed by atoms with van der Waals surface area (Å²) in [6.07, 6.45) is 4.00. The van der Waals surface area contributed by atoms with Gasteiger partial charge in [0.2, 0.25) is 0 Å². The van der Waals surface area contributed by atoms with Gasteiger partial charge in [-0.05, 0) is 35.7 Å². The van der Waals surface area contributed by atoms with Crippen LogP contribution >= 0.6 is 11.6 Å². The van der Waals surface area contributed by atoms with Crippen LogP contribution in [0.25, 0.3) is 0 Å². The third kappa shape index (κ3) is 3.07. The molecule has 0 bridgehead atoms. The van der Waals surface area contributed by atoms with Gasteiger partial charge in [0.1, 0.15) is 0 Å². The number of halogens is 1. The summed E-state index contributed by atoms with van der Waals surface area (Å²) >= 11 is 6.20. The van der Waals surface area contributed by atoms with Crippen LogP contribution in [0.4, 0.5) is 0 Å². The quantitative estimate of drug-likeness (QED) is 0.633. The van der Waals surface area contributed by atoms with E-state index in [1.807, 2.05) is 18.2 Å². The van der Waals surface area contributed by atoms with Gasteiger partial charge in [-0.25, -0.2) is 0 Å². The molecule has 0 saturated carbocycles. The van der Waals surface area contributed by atoms with Gasteiger partial charge in [0.15, 0.2) is 11.5 Å². The molecule has 1 unspecified atom stereocenters. The van der Waals surface area contributed by atoms with Gasteiger partial charge in [0.05, 0.1) is 37.8 Å². The van der Waals surface area contributed by atoms with Gasteiger partial charge in [-0.1, -0.05) is 11.6 Å². The third-order valence-corrected chi connectivity index (χ3v) is 3.36. The second kappa shape index (κ2) is 6.65. The van der Waals surface area contributed by atoms with E-state index < -0.39 is 0 Å². The van der Waals surface area contributed by atoms with Crippen LogP contribution in [0.1, 0.15) is 17.2 Å². The van der Waals surface area contributed by atoms with Gasteiger partial charge in [0, 0.05) is 0 Å². The zero-order valence-corrected chi connectivity index (χ0v) is 12.1. The Morgan fingerprint density at radius 1 is 1.35 bits per heavy atom. The van der Waals surface area contributed by atoms with Crippen LogP contribution in [0, 0.1) is 0 Å². The first-order chi connectivity index (χ1) is 9.69. The van der Waals surface area contributed by atoms with Crippen LogP contribution in [0.5, 0.6) is 11.5 Å². The highest BCUT2D eigenvalue weighted by Gasteiger charge is 2.17. The van der Waals surface area contributed by atoms with Gasteiger partial charge in [-0.15, -0.1) is 0 Å². The molecule has 2 aromatic rings. The third-order valence-electron chi connectivity index (χ3n) is 3.08. The standard InChI is InChI=1S/C14H17ClN2O3/c1-18-13-7-10(6-11(15)14(13)19-2)12(17-16)5-9-3-4-20-8-9/h3-4,6-8,12,17H,5,16H2,1-2H3. The molecule has 108 valence electrons. The molecule has 0 fully saturated rings. The SMILES string of the molecule is COc1cc(C(Cc2ccoc2)NN)cc(Cl)c1OC. The molecule has 1 aromatic carbocycles. The van der Waals surface area contributed by atoms with Crippen molar-refractivity contribution in [1.82, 2.24) is 5.43 Å². The van der Waals surface area contributed by atoms with Crippen molar-refractivity contribution in [3.05, 3.63) is 46.9 Å². The topological polar surface area (TPSA) is 69.7 Å². The van der Waals surface area contributed by atoms with Crippen molar-refractivity contribution >= 4 is 11.6 Å². The number of ether oxygens (including phenoxy) is 2. The van der Waals surface area contributed by atoms with Crippen molar-refractivity contribution in [1.29, 1.82) is 0 Å². The Bertz CT molecular complexity index is 558. The summed E-state index contributed by atoms with van der Waals surface area (Å²) in [6.45, 7) is 0. The zero-order chi connectivity index (χ0) is 14.5. The molecule has 0 spiro atoms. The molecule has 0 aliphatic rings. The summed E-state index contributed by atoms with van der Waals surface area (Å²) in [6, 6.07) is 5.46. The van der Waals surface area contributed by atoms with E-state index in [-0.39, 0.29) is 6.04 Å². The van der Waals surface area contributed by atoms with Crippen molar-refractivity contribution in [3.63, 3.8) is 0 Å². The Morgan fingerprint density at radius 2 is 2.15 bits per heavy atom. The van der Waals surface area contributed by atoms with Crippen LogP contribution < -0.4 is 20.7 Å². The Kier molecular flexibility index (Phi) is 4.89. The van der Waals surface area contributed by atoms with Crippen LogP contribution in [0.15, 0.2) is 35.1 Å². The number of hydrazine groups is 1. The summed E-state index contributed by atoms with van der Waals surface area (Å²) in [7, 11) is 3.12. The van der Waals surface area contributed by atoms with Gasteiger partial charge in [-0.2, -0.15) is 0 Å². The smallest absolute Gasteiger partial charge is 0.179 e. The summed E-state index contributed by atoms with van der Waals surface area (Å²) < 4.78 is 15.6. The first-order valence-electron chi connectivity index (χ1n) is 6.08. The van der Waals surface area contributed by atoms with Crippen molar-refractivity contribution < 1.29 is 13.9 Å². The van der Waals surface area contributed by atoms with Crippen molar-refractivity contribution in [2.24, 2.45) is 5.84 Å². The van der Waals surface area contributed by atoms with E-state index in [0.717, 1.165) is 11.1 Å². The highest BCUT2D eigenvalue weighted by molar-refractivity contribution is 6.32. The predicted octanol–water partition coefficient (Wildman–Crippen LogP) is 2.70. The number of rotatable bonds is 6. The average Bonchev–Trinajstić information content (AvgIpc) is 2.96. The fourth-order valence-electron chi connectivity index (χ4n) is 2.06. The summed E-state index contributed by atoms with van der Waals surface area (Å²) in [5, 5.41) is 0.481. The van der Waals surface area contributed by atoms with Crippen LogP contribution in [0.2, 0.25) is 5.02 Å².